The van der Waals surface area contributed by atoms with E-state index < -0.39 is 35.2 Å². The number of nitrogens with zero attached hydrogens (tertiary/aromatic N) is 4. The fraction of sp³-hybridized carbons (Fsp3) is 0.273. The Kier molecular flexibility index (Phi) is 7.81. The lowest BCUT2D eigenvalue weighted by atomic mass is 9.95. The van der Waals surface area contributed by atoms with E-state index in [1.54, 1.807) is 48.8 Å². The number of para-hydroxylation sites is 1. The molecule has 6 rings (SSSR count). The topological polar surface area (TPSA) is 79.8 Å². The summed E-state index contributed by atoms with van der Waals surface area (Å²) in [5.41, 5.74) is 1.87. The standard InChI is InChI=1S/C33H30F3N4O4/c34-33(35,36)32(43)44-40(22-23-13-17-38(18-14-23)28-11-15-37-16-12-28)29-8-4-3-7-27(29)20-39(21-30(40)41)31(42)26-10-9-24-5-1-2-6-25(24)19-26/h1-12,15-16,19,23H,13-14,17-18,20-22H2/q+1. The van der Waals surface area contributed by atoms with Crippen molar-refractivity contribution in [3.05, 3.63) is 102 Å². The maximum Gasteiger partial charge on any atom is 0.497 e. The summed E-state index contributed by atoms with van der Waals surface area (Å²) in [4.78, 5) is 53.1. The smallest absolute Gasteiger partial charge is 0.371 e. The fourth-order valence-corrected chi connectivity index (χ4v) is 6.14. The molecule has 0 N–H and O–H groups in total. The van der Waals surface area contributed by atoms with Crippen molar-refractivity contribution in [2.24, 2.45) is 5.92 Å². The summed E-state index contributed by atoms with van der Waals surface area (Å²) in [6.07, 6.45) is -0.827. The van der Waals surface area contributed by atoms with E-state index >= 15 is 0 Å². The number of aromatic nitrogens is 1. The molecule has 0 saturated carbocycles. The number of quaternary nitrogens is 1. The molecule has 3 heterocycles. The molecule has 3 aromatic carbocycles. The second kappa shape index (κ2) is 11.7. The Labute approximate surface area is 251 Å². The van der Waals surface area contributed by atoms with Crippen LogP contribution in [0.5, 0.6) is 0 Å². The van der Waals surface area contributed by atoms with Crippen LogP contribution in [0.2, 0.25) is 0 Å². The molecule has 1 atom stereocenters. The first-order valence-electron chi connectivity index (χ1n) is 14.4. The normalized spacial score (nSPS) is 19.4. The van der Waals surface area contributed by atoms with Gasteiger partial charge in [-0.1, -0.05) is 48.5 Å². The van der Waals surface area contributed by atoms with E-state index in [1.165, 1.54) is 11.0 Å². The van der Waals surface area contributed by atoms with Crippen molar-refractivity contribution in [2.45, 2.75) is 25.6 Å². The Bertz CT molecular complexity index is 1710. The van der Waals surface area contributed by atoms with Gasteiger partial charge in [0, 0.05) is 54.3 Å². The molecule has 2 aliphatic rings. The zero-order chi connectivity index (χ0) is 30.9. The highest BCUT2D eigenvalue weighted by molar-refractivity contribution is 6.02. The van der Waals surface area contributed by atoms with Gasteiger partial charge in [-0.05, 0) is 52.5 Å². The van der Waals surface area contributed by atoms with Gasteiger partial charge in [0.05, 0.1) is 6.54 Å². The van der Waals surface area contributed by atoms with Crippen molar-refractivity contribution in [1.82, 2.24) is 14.5 Å². The molecular weight excluding hydrogens is 573 g/mol. The lowest BCUT2D eigenvalue weighted by Crippen LogP contribution is -2.61. The van der Waals surface area contributed by atoms with Gasteiger partial charge in [0.2, 0.25) is 0 Å². The summed E-state index contributed by atoms with van der Waals surface area (Å²) in [6, 6.07) is 22.9. The first-order chi connectivity index (χ1) is 21.1. The van der Waals surface area contributed by atoms with E-state index in [2.05, 4.69) is 9.88 Å². The summed E-state index contributed by atoms with van der Waals surface area (Å²) in [6.45, 7) is 0.438. The van der Waals surface area contributed by atoms with Gasteiger partial charge in [-0.2, -0.15) is 13.2 Å². The third-order valence-corrected chi connectivity index (χ3v) is 8.38. The number of alkyl halides is 3. The van der Waals surface area contributed by atoms with Crippen molar-refractivity contribution in [2.75, 3.05) is 31.1 Å². The molecule has 11 heteroatoms. The van der Waals surface area contributed by atoms with E-state index in [1.807, 2.05) is 36.4 Å². The third kappa shape index (κ3) is 5.74. The van der Waals surface area contributed by atoms with Gasteiger partial charge in [0.25, 0.3) is 5.91 Å². The number of benzene rings is 3. The van der Waals surface area contributed by atoms with E-state index in [0.29, 0.717) is 37.1 Å². The van der Waals surface area contributed by atoms with E-state index in [9.17, 15) is 27.6 Å². The molecule has 1 fully saturated rings. The number of pyridine rings is 1. The summed E-state index contributed by atoms with van der Waals surface area (Å²) >= 11 is 0. The number of halogens is 3. The van der Waals surface area contributed by atoms with Gasteiger partial charge in [-0.3, -0.25) is 14.6 Å². The first-order valence-corrected chi connectivity index (χ1v) is 14.4. The van der Waals surface area contributed by atoms with Gasteiger partial charge in [0.15, 0.2) is 5.69 Å². The average molecular weight is 604 g/mol. The molecule has 226 valence electrons. The van der Waals surface area contributed by atoms with Gasteiger partial charge in [-0.15, -0.1) is 0 Å². The monoisotopic (exact) mass is 603 g/mol. The highest BCUT2D eigenvalue weighted by Gasteiger charge is 2.56. The fourth-order valence-electron chi connectivity index (χ4n) is 6.14. The zero-order valence-corrected chi connectivity index (χ0v) is 23.7. The number of fused-ring (bicyclic) bond motifs is 2. The van der Waals surface area contributed by atoms with E-state index in [0.717, 1.165) is 16.5 Å². The van der Waals surface area contributed by atoms with Crippen molar-refractivity contribution >= 4 is 39.9 Å². The molecule has 2 aliphatic heterocycles. The highest BCUT2D eigenvalue weighted by Crippen LogP contribution is 2.38. The van der Waals surface area contributed by atoms with Gasteiger partial charge < -0.3 is 9.80 Å². The molecular formula is C33H30F3N4O4+. The Morgan fingerprint density at radius 3 is 2.30 bits per heavy atom. The van der Waals surface area contributed by atoms with Crippen LogP contribution in [0.15, 0.2) is 91.3 Å². The molecule has 1 aromatic heterocycles. The van der Waals surface area contributed by atoms with Gasteiger partial charge in [0.1, 0.15) is 13.1 Å². The Morgan fingerprint density at radius 2 is 1.57 bits per heavy atom. The predicted molar refractivity (Wildman–Crippen MR) is 158 cm³/mol. The SMILES string of the molecule is O=C(c1ccc2ccccc2c1)N1CC(=O)[N+](CC2CCN(c3ccncc3)CC2)(OC(=O)C(F)(F)F)c2ccccc2C1. The number of anilines is 1. The predicted octanol–water partition coefficient (Wildman–Crippen LogP) is 5.66. The molecule has 1 saturated heterocycles. The maximum atomic E-state index is 14.2. The van der Waals surface area contributed by atoms with Crippen LogP contribution in [-0.2, 0) is 21.0 Å². The van der Waals surface area contributed by atoms with Crippen molar-refractivity contribution in [3.8, 4) is 0 Å². The maximum absolute atomic E-state index is 14.2. The Hall–Kier alpha value is -4.77. The van der Waals surface area contributed by atoms with Crippen LogP contribution < -0.4 is 9.55 Å². The second-order valence-electron chi connectivity index (χ2n) is 11.2. The number of hydrogen-bond acceptors (Lipinski definition) is 6. The molecule has 0 spiro atoms. The number of rotatable bonds is 5. The minimum absolute atomic E-state index is 0.0440. The van der Waals surface area contributed by atoms with E-state index in [4.69, 9.17) is 4.84 Å². The average Bonchev–Trinajstić information content (AvgIpc) is 3.15. The lowest BCUT2D eigenvalue weighted by molar-refractivity contribution is -0.235. The summed E-state index contributed by atoms with van der Waals surface area (Å²) in [7, 11) is 0. The number of amides is 2. The zero-order valence-electron chi connectivity index (χ0n) is 23.7. The highest BCUT2D eigenvalue weighted by atomic mass is 19.4. The van der Waals surface area contributed by atoms with E-state index in [-0.39, 0.29) is 24.7 Å². The number of hydroxylamine groups is 2. The van der Waals surface area contributed by atoms with Crippen LogP contribution >= 0.6 is 0 Å². The van der Waals surface area contributed by atoms with Crippen molar-refractivity contribution in [1.29, 1.82) is 0 Å². The molecule has 44 heavy (non-hydrogen) atoms. The van der Waals surface area contributed by atoms with Crippen LogP contribution in [0, 0.1) is 5.92 Å². The number of carbonyl (C=O) groups is 3. The van der Waals surface area contributed by atoms with Crippen molar-refractivity contribution in [3.63, 3.8) is 0 Å². The summed E-state index contributed by atoms with van der Waals surface area (Å²) < 4.78 is 39.8. The molecule has 0 aliphatic carbocycles. The summed E-state index contributed by atoms with van der Waals surface area (Å²) in [5, 5.41) is 1.77. The van der Waals surface area contributed by atoms with Gasteiger partial charge >= 0.3 is 18.1 Å². The quantitative estimate of drug-likeness (QED) is 0.274. The Morgan fingerprint density at radius 1 is 0.886 bits per heavy atom. The van der Waals surface area contributed by atoms with Crippen LogP contribution in [0.3, 0.4) is 0 Å². The largest absolute Gasteiger partial charge is 0.497 e. The van der Waals surface area contributed by atoms with Crippen LogP contribution in [0.25, 0.3) is 10.8 Å². The lowest BCUT2D eigenvalue weighted by Gasteiger charge is -2.38. The summed E-state index contributed by atoms with van der Waals surface area (Å²) in [5.74, 6) is -3.97. The van der Waals surface area contributed by atoms with Gasteiger partial charge in [-0.25, -0.2) is 9.59 Å². The van der Waals surface area contributed by atoms with Crippen LogP contribution in [0.1, 0.15) is 28.8 Å². The molecule has 4 aromatic rings. The number of piperidine rings is 1. The van der Waals surface area contributed by atoms with Crippen molar-refractivity contribution < 1.29 is 32.4 Å². The molecule has 2 amide bonds. The first kappa shape index (κ1) is 29.3. The van der Waals surface area contributed by atoms with Crippen LogP contribution in [0.4, 0.5) is 24.5 Å². The molecule has 8 nitrogen and oxygen atoms in total. The minimum Gasteiger partial charge on any atom is -0.371 e. The van der Waals surface area contributed by atoms with Crippen LogP contribution in [-0.4, -0.2) is 60.0 Å². The molecule has 0 radical (unpaired) electrons. The molecule has 0 bridgehead atoms. The molecule has 1 unspecified atom stereocenters. The second-order valence-corrected chi connectivity index (χ2v) is 11.2. The Balaban J connectivity index is 1.34. The number of carbonyl (C=O) groups excluding carboxylic acids is 3. The third-order valence-electron chi connectivity index (χ3n) is 8.38. The minimum atomic E-state index is -5.32. The number of hydrogen-bond donors (Lipinski definition) is 0.